The number of ether oxygens (including phenoxy) is 1. The van der Waals surface area contributed by atoms with E-state index in [1.807, 2.05) is 38.1 Å². The van der Waals surface area contributed by atoms with Crippen molar-refractivity contribution in [3.63, 3.8) is 0 Å². The highest BCUT2D eigenvalue weighted by atomic mass is 79.9. The van der Waals surface area contributed by atoms with Crippen LogP contribution in [0.5, 0.6) is 5.75 Å². The average Bonchev–Trinajstić information content (AvgIpc) is 2.43. The average molecular weight is 334 g/mol. The van der Waals surface area contributed by atoms with Crippen LogP contribution >= 0.6 is 15.9 Å². The molecule has 0 saturated heterocycles. The van der Waals surface area contributed by atoms with E-state index in [4.69, 9.17) is 4.74 Å². The number of rotatable bonds is 3. The van der Waals surface area contributed by atoms with E-state index in [-0.39, 0.29) is 5.91 Å². The molecule has 2 aromatic carbocycles. The Hall–Kier alpha value is -1.81. The maximum Gasteiger partial charge on any atom is 0.255 e. The van der Waals surface area contributed by atoms with Crippen LogP contribution < -0.4 is 10.1 Å². The van der Waals surface area contributed by atoms with Crippen LogP contribution in [0.1, 0.15) is 21.5 Å². The lowest BCUT2D eigenvalue weighted by Crippen LogP contribution is -2.12. The van der Waals surface area contributed by atoms with Crippen molar-refractivity contribution < 1.29 is 9.53 Å². The van der Waals surface area contributed by atoms with Crippen molar-refractivity contribution >= 4 is 27.5 Å². The van der Waals surface area contributed by atoms with Gasteiger partial charge >= 0.3 is 0 Å². The van der Waals surface area contributed by atoms with Gasteiger partial charge in [0, 0.05) is 10.0 Å². The minimum atomic E-state index is -0.158. The molecule has 0 spiro atoms. The molecule has 0 aliphatic heterocycles. The van der Waals surface area contributed by atoms with E-state index in [1.54, 1.807) is 19.2 Å². The summed E-state index contributed by atoms with van der Waals surface area (Å²) in [6.45, 7) is 3.93. The largest absolute Gasteiger partial charge is 0.496 e. The molecule has 104 valence electrons. The summed E-state index contributed by atoms with van der Waals surface area (Å²) in [5.41, 5.74) is 3.42. The molecule has 0 aliphatic rings. The van der Waals surface area contributed by atoms with Crippen LogP contribution in [0.15, 0.2) is 40.9 Å². The molecular weight excluding hydrogens is 318 g/mol. The molecule has 1 amide bonds. The maximum absolute atomic E-state index is 12.3. The van der Waals surface area contributed by atoms with Gasteiger partial charge in [-0.25, -0.2) is 0 Å². The summed E-state index contributed by atoms with van der Waals surface area (Å²) in [5, 5.41) is 2.90. The molecule has 4 heteroatoms. The predicted molar refractivity (Wildman–Crippen MR) is 84.6 cm³/mol. The standard InChI is InChI=1S/C16H16BrNO2/c1-10-4-7-13(17)14(8-10)18-16(19)12-6-5-11(2)15(9-12)20-3/h4-9H,1-3H3,(H,18,19). The summed E-state index contributed by atoms with van der Waals surface area (Å²) in [6.07, 6.45) is 0. The van der Waals surface area contributed by atoms with Crippen molar-refractivity contribution in [1.82, 2.24) is 0 Å². The molecule has 0 radical (unpaired) electrons. The normalized spacial score (nSPS) is 10.2. The van der Waals surface area contributed by atoms with Crippen molar-refractivity contribution in [2.45, 2.75) is 13.8 Å². The molecule has 2 rings (SSSR count). The number of hydrogen-bond acceptors (Lipinski definition) is 2. The number of carbonyl (C=O) groups is 1. The molecule has 0 aliphatic carbocycles. The van der Waals surface area contributed by atoms with Gasteiger partial charge in [-0.3, -0.25) is 4.79 Å². The van der Waals surface area contributed by atoms with Gasteiger partial charge in [0.25, 0.3) is 5.91 Å². The van der Waals surface area contributed by atoms with Crippen molar-refractivity contribution in [2.24, 2.45) is 0 Å². The van der Waals surface area contributed by atoms with Gasteiger partial charge in [0.2, 0.25) is 0 Å². The van der Waals surface area contributed by atoms with Gasteiger partial charge in [-0.15, -0.1) is 0 Å². The van der Waals surface area contributed by atoms with E-state index in [2.05, 4.69) is 21.2 Å². The molecule has 1 N–H and O–H groups in total. The van der Waals surface area contributed by atoms with E-state index in [1.165, 1.54) is 0 Å². The molecule has 0 heterocycles. The van der Waals surface area contributed by atoms with Crippen molar-refractivity contribution in [1.29, 1.82) is 0 Å². The first kappa shape index (κ1) is 14.6. The molecule has 2 aromatic rings. The summed E-state index contributed by atoms with van der Waals surface area (Å²) in [6, 6.07) is 11.2. The van der Waals surface area contributed by atoms with Crippen LogP contribution in [0.2, 0.25) is 0 Å². The van der Waals surface area contributed by atoms with Crippen molar-refractivity contribution in [2.75, 3.05) is 12.4 Å². The van der Waals surface area contributed by atoms with E-state index >= 15 is 0 Å². The Morgan fingerprint density at radius 1 is 1.15 bits per heavy atom. The Balaban J connectivity index is 2.26. The molecular formula is C16H16BrNO2. The summed E-state index contributed by atoms with van der Waals surface area (Å²) < 4.78 is 6.10. The zero-order valence-electron chi connectivity index (χ0n) is 11.7. The Morgan fingerprint density at radius 3 is 2.60 bits per heavy atom. The Kier molecular flexibility index (Phi) is 4.45. The number of nitrogens with one attached hydrogen (secondary N) is 1. The highest BCUT2D eigenvalue weighted by molar-refractivity contribution is 9.10. The Labute approximate surface area is 127 Å². The molecule has 0 bridgehead atoms. The Morgan fingerprint density at radius 2 is 1.90 bits per heavy atom. The fraction of sp³-hybridized carbons (Fsp3) is 0.188. The SMILES string of the molecule is COc1cc(C(=O)Nc2cc(C)ccc2Br)ccc1C. The number of carbonyl (C=O) groups excluding carboxylic acids is 1. The van der Waals surface area contributed by atoms with E-state index < -0.39 is 0 Å². The smallest absolute Gasteiger partial charge is 0.255 e. The molecule has 3 nitrogen and oxygen atoms in total. The number of aryl methyl sites for hydroxylation is 2. The second-order valence-corrected chi connectivity index (χ2v) is 5.48. The van der Waals surface area contributed by atoms with Gasteiger partial charge in [0.1, 0.15) is 5.75 Å². The number of benzene rings is 2. The van der Waals surface area contributed by atoms with Crippen LogP contribution in [0.4, 0.5) is 5.69 Å². The summed E-state index contributed by atoms with van der Waals surface area (Å²) in [7, 11) is 1.60. The lowest BCUT2D eigenvalue weighted by molar-refractivity contribution is 0.102. The van der Waals surface area contributed by atoms with Gasteiger partial charge in [0.05, 0.1) is 12.8 Å². The molecule has 0 unspecified atom stereocenters. The third-order valence-electron chi connectivity index (χ3n) is 3.04. The van der Waals surface area contributed by atoms with Crippen LogP contribution in [0, 0.1) is 13.8 Å². The second-order valence-electron chi connectivity index (χ2n) is 4.62. The van der Waals surface area contributed by atoms with Gasteiger partial charge in [0.15, 0.2) is 0 Å². The van der Waals surface area contributed by atoms with E-state index in [0.717, 1.165) is 21.3 Å². The fourth-order valence-corrected chi connectivity index (χ4v) is 2.24. The minimum Gasteiger partial charge on any atom is -0.496 e. The number of halogens is 1. The van der Waals surface area contributed by atoms with Gasteiger partial charge < -0.3 is 10.1 Å². The third kappa shape index (κ3) is 3.20. The highest BCUT2D eigenvalue weighted by Crippen LogP contribution is 2.25. The molecule has 20 heavy (non-hydrogen) atoms. The summed E-state index contributed by atoms with van der Waals surface area (Å²) >= 11 is 3.43. The number of methoxy groups -OCH3 is 1. The van der Waals surface area contributed by atoms with Gasteiger partial charge in [-0.05, 0) is 65.2 Å². The monoisotopic (exact) mass is 333 g/mol. The number of hydrogen-bond donors (Lipinski definition) is 1. The summed E-state index contributed by atoms with van der Waals surface area (Å²) in [5.74, 6) is 0.551. The van der Waals surface area contributed by atoms with Crippen LogP contribution in [-0.2, 0) is 0 Å². The second kappa shape index (κ2) is 6.09. The first-order valence-corrected chi connectivity index (χ1v) is 7.02. The molecule has 0 fully saturated rings. The van der Waals surface area contributed by atoms with E-state index in [9.17, 15) is 4.79 Å². The predicted octanol–water partition coefficient (Wildman–Crippen LogP) is 4.33. The molecule has 0 atom stereocenters. The molecule has 0 saturated carbocycles. The summed E-state index contributed by atoms with van der Waals surface area (Å²) in [4.78, 5) is 12.3. The number of amides is 1. The van der Waals surface area contributed by atoms with Crippen LogP contribution in [-0.4, -0.2) is 13.0 Å². The minimum absolute atomic E-state index is 0.158. The first-order valence-electron chi connectivity index (χ1n) is 6.23. The number of anilines is 1. The molecule has 0 aromatic heterocycles. The van der Waals surface area contributed by atoms with E-state index in [0.29, 0.717) is 11.3 Å². The lowest BCUT2D eigenvalue weighted by Gasteiger charge is -2.10. The maximum atomic E-state index is 12.3. The topological polar surface area (TPSA) is 38.3 Å². The zero-order chi connectivity index (χ0) is 14.7. The fourth-order valence-electron chi connectivity index (χ4n) is 1.89. The van der Waals surface area contributed by atoms with Crippen LogP contribution in [0.25, 0.3) is 0 Å². The van der Waals surface area contributed by atoms with Crippen molar-refractivity contribution in [3.05, 3.63) is 57.6 Å². The van der Waals surface area contributed by atoms with Crippen LogP contribution in [0.3, 0.4) is 0 Å². The zero-order valence-corrected chi connectivity index (χ0v) is 13.2. The van der Waals surface area contributed by atoms with Crippen molar-refractivity contribution in [3.8, 4) is 5.75 Å². The third-order valence-corrected chi connectivity index (χ3v) is 3.73. The highest BCUT2D eigenvalue weighted by Gasteiger charge is 2.10. The quantitative estimate of drug-likeness (QED) is 0.907. The Bertz CT molecular complexity index is 653. The first-order chi connectivity index (χ1) is 9.51. The lowest BCUT2D eigenvalue weighted by atomic mass is 10.1. The van der Waals surface area contributed by atoms with Gasteiger partial charge in [-0.1, -0.05) is 12.1 Å². The van der Waals surface area contributed by atoms with Gasteiger partial charge in [-0.2, -0.15) is 0 Å².